The van der Waals surface area contributed by atoms with Crippen molar-refractivity contribution >= 4 is 28.9 Å². The fraction of sp³-hybridized carbons (Fsp3) is 0.588. The molecule has 3 nitrogen and oxygen atoms in total. The summed E-state index contributed by atoms with van der Waals surface area (Å²) in [6.07, 6.45) is 0. The summed E-state index contributed by atoms with van der Waals surface area (Å²) >= 11 is -3.45. The number of methoxy groups -OCH3 is 2. The van der Waals surface area contributed by atoms with Gasteiger partial charge in [-0.25, -0.2) is 0 Å². The summed E-state index contributed by atoms with van der Waals surface area (Å²) in [5.41, 5.74) is 3.25. The molecule has 0 heterocycles. The van der Waals surface area contributed by atoms with Crippen LogP contribution < -0.4 is 0 Å². The van der Waals surface area contributed by atoms with Gasteiger partial charge in [0.2, 0.25) is 0 Å². The van der Waals surface area contributed by atoms with Crippen LogP contribution in [0.25, 0.3) is 0 Å². The van der Waals surface area contributed by atoms with Crippen molar-refractivity contribution in [1.82, 2.24) is 0 Å². The Morgan fingerprint density at radius 3 is 1.83 bits per heavy atom. The van der Waals surface area contributed by atoms with Gasteiger partial charge in [0.05, 0.1) is 13.2 Å². The third-order valence-electron chi connectivity index (χ3n) is 2.64. The van der Waals surface area contributed by atoms with Crippen LogP contribution >= 0.6 is 18.8 Å². The number of hydrogen-bond acceptors (Lipinski definition) is 3. The molecule has 23 heavy (non-hydrogen) atoms. The molecule has 0 unspecified atom stereocenters. The summed E-state index contributed by atoms with van der Waals surface area (Å²) in [7, 11) is 16.2. The van der Waals surface area contributed by atoms with Gasteiger partial charge in [0.1, 0.15) is 0 Å². The number of aryl methyl sites for hydroxylation is 2. The van der Waals surface area contributed by atoms with Crippen molar-refractivity contribution in [2.75, 3.05) is 27.4 Å². The van der Waals surface area contributed by atoms with Gasteiger partial charge in [0.25, 0.3) is 0 Å². The Labute approximate surface area is 151 Å². The molecule has 134 valence electrons. The Kier molecular flexibility index (Phi) is 10.9. The van der Waals surface area contributed by atoms with Crippen LogP contribution in [0.4, 0.5) is 5.69 Å². The Bertz CT molecular complexity index is 569. The van der Waals surface area contributed by atoms with Gasteiger partial charge in [-0.15, -0.1) is 0 Å². The molecule has 6 heteroatoms. The second kappa shape index (κ2) is 10.8. The summed E-state index contributed by atoms with van der Waals surface area (Å²) in [6.45, 7) is 11.8. The molecule has 0 saturated carbocycles. The Balaban J connectivity index is 0.000000688. The maximum atomic E-state index is 6.45. The third-order valence-corrected chi connectivity index (χ3v) is 10.3. The number of hydrogen-bond donors (Lipinski definition) is 0. The van der Waals surface area contributed by atoms with E-state index in [1.54, 1.807) is 14.2 Å². The first-order valence-electron chi connectivity index (χ1n) is 7.38. The summed E-state index contributed by atoms with van der Waals surface area (Å²) < 4.78 is 16.0. The number of nitrogens with zero attached hydrogens (tertiary/aromatic N) is 1. The second-order valence-electron chi connectivity index (χ2n) is 6.28. The van der Waals surface area contributed by atoms with Gasteiger partial charge in [-0.2, -0.15) is 0 Å². The Morgan fingerprint density at radius 2 is 1.48 bits per heavy atom. The van der Waals surface area contributed by atoms with Crippen LogP contribution in [0.5, 0.6) is 0 Å². The van der Waals surface area contributed by atoms with Gasteiger partial charge >= 0.3 is 115 Å². The van der Waals surface area contributed by atoms with Crippen LogP contribution in [-0.4, -0.2) is 31.8 Å². The van der Waals surface area contributed by atoms with Crippen LogP contribution in [0, 0.1) is 19.3 Å². The first-order chi connectivity index (χ1) is 10.5. The summed E-state index contributed by atoms with van der Waals surface area (Å²) in [5, 5.41) is 0. The van der Waals surface area contributed by atoms with Crippen molar-refractivity contribution in [2.45, 2.75) is 34.6 Å². The van der Waals surface area contributed by atoms with E-state index in [-0.39, 0.29) is 5.41 Å². The Hall–Kier alpha value is 0.0783. The van der Waals surface area contributed by atoms with Crippen LogP contribution in [0.2, 0.25) is 0 Å². The Morgan fingerprint density at radius 1 is 1.04 bits per heavy atom. The van der Waals surface area contributed by atoms with E-state index < -0.39 is 13.3 Å². The molecule has 1 aromatic rings. The first kappa shape index (κ1) is 23.1. The minimum atomic E-state index is -3.45. The third kappa shape index (κ3) is 11.3. The molecule has 0 amide bonds. The normalized spacial score (nSPS) is 11.5. The monoisotopic (exact) mass is 533 g/mol. The number of halogens is 2. The average Bonchev–Trinajstić information content (AvgIpc) is 2.39. The second-order valence-corrected chi connectivity index (χ2v) is 20.2. The van der Waals surface area contributed by atoms with Gasteiger partial charge in [0.15, 0.2) is 0 Å². The fourth-order valence-electron chi connectivity index (χ4n) is 1.69. The predicted molar refractivity (Wildman–Crippen MR) is 99.0 cm³/mol. The van der Waals surface area contributed by atoms with Crippen LogP contribution in [0.3, 0.4) is 0 Å². The van der Waals surface area contributed by atoms with Crippen molar-refractivity contribution in [2.24, 2.45) is 8.91 Å². The zero-order chi connectivity index (χ0) is 18.1. The molecule has 0 fully saturated rings. The molecule has 0 radical (unpaired) electrons. The summed E-state index contributed by atoms with van der Waals surface area (Å²) in [4.78, 5) is 0. The zero-order valence-electron chi connectivity index (χ0n) is 15.2. The molecule has 1 aromatic carbocycles. The zero-order valence-corrected chi connectivity index (χ0v) is 19.6. The molecule has 0 aliphatic rings. The molecule has 1 rings (SSSR count). The molecular formula is C17H29Cl2NO2W. The van der Waals surface area contributed by atoms with Crippen LogP contribution in [-0.2, 0) is 22.8 Å². The van der Waals surface area contributed by atoms with Gasteiger partial charge in [-0.1, -0.05) is 0 Å². The molecule has 0 atom stereocenters. The molecular weight excluding hydrogens is 505 g/mol. The molecule has 0 saturated heterocycles. The van der Waals surface area contributed by atoms with Crippen molar-refractivity contribution in [1.29, 1.82) is 0 Å². The van der Waals surface area contributed by atoms with E-state index in [2.05, 4.69) is 38.1 Å². The van der Waals surface area contributed by atoms with Gasteiger partial charge in [-0.05, 0) is 0 Å². The maximum absolute atomic E-state index is 6.45. The van der Waals surface area contributed by atoms with E-state index in [1.807, 2.05) is 32.0 Å². The summed E-state index contributed by atoms with van der Waals surface area (Å²) in [6, 6.07) is 6.10. The van der Waals surface area contributed by atoms with E-state index in [0.717, 1.165) is 16.8 Å². The van der Waals surface area contributed by atoms with Gasteiger partial charge < -0.3 is 9.47 Å². The quantitative estimate of drug-likeness (QED) is 0.464. The molecule has 0 aliphatic heterocycles. The number of benzene rings is 1. The number of ether oxygens (including phenoxy) is 2. The average molecular weight is 534 g/mol. The molecule has 0 bridgehead atoms. The van der Waals surface area contributed by atoms with E-state index in [9.17, 15) is 0 Å². The topological polar surface area (TPSA) is 30.8 Å². The van der Waals surface area contributed by atoms with Gasteiger partial charge in [0, 0.05) is 14.2 Å². The van der Waals surface area contributed by atoms with Gasteiger partial charge in [-0.3, -0.25) is 0 Å². The number of rotatable bonds is 4. The van der Waals surface area contributed by atoms with Crippen LogP contribution in [0.15, 0.2) is 21.7 Å². The molecule has 0 spiro atoms. The predicted octanol–water partition coefficient (Wildman–Crippen LogP) is 5.71. The van der Waals surface area contributed by atoms with Crippen molar-refractivity contribution in [3.63, 3.8) is 0 Å². The minimum absolute atomic E-state index is 0.0128. The fourth-order valence-corrected chi connectivity index (χ4v) is 12.3. The van der Waals surface area contributed by atoms with Crippen molar-refractivity contribution in [3.05, 3.63) is 29.3 Å². The molecule has 0 N–H and O–H groups in total. The van der Waals surface area contributed by atoms with Crippen LogP contribution in [0.1, 0.15) is 31.9 Å². The van der Waals surface area contributed by atoms with E-state index in [4.69, 9.17) is 18.8 Å². The van der Waals surface area contributed by atoms with E-state index >= 15 is 0 Å². The SMILES string of the molecule is COCCOC.Cc1cccc(C)c1[N]=[W]([Cl])([Cl])=[CH]C(C)(C)C. The summed E-state index contributed by atoms with van der Waals surface area (Å²) in [5.74, 6) is 0. The van der Waals surface area contributed by atoms with Crippen molar-refractivity contribution < 1.29 is 22.8 Å². The molecule has 0 aromatic heterocycles. The molecule has 0 aliphatic carbocycles. The van der Waals surface area contributed by atoms with E-state index in [0.29, 0.717) is 13.2 Å². The first-order valence-corrected chi connectivity index (χ1v) is 17.7. The standard InChI is InChI=1S/C8H9N.C5H10.C4H10O2.2ClH.W/c1-6-4-3-5-7(2)8(6)9;1-5(2,3)4;1-5-3-4-6-2;;;/h3-5H,1-2H3;1H,2-4H3;3-4H2,1-2H3;2*1H;/q;;;;;+2/p-2. The van der Waals surface area contributed by atoms with E-state index in [1.165, 1.54) is 0 Å². The van der Waals surface area contributed by atoms with Crippen molar-refractivity contribution in [3.8, 4) is 0 Å².